The van der Waals surface area contributed by atoms with Crippen LogP contribution in [0.15, 0.2) is 12.3 Å². The summed E-state index contributed by atoms with van der Waals surface area (Å²) in [5.41, 5.74) is 0.432. The number of rotatable bonds is 3. The van der Waals surface area contributed by atoms with Crippen LogP contribution in [0.25, 0.3) is 0 Å². The van der Waals surface area contributed by atoms with Crippen LogP contribution < -0.4 is 0 Å². The first-order valence-corrected chi connectivity index (χ1v) is 4.69. The molecule has 0 radical (unpaired) electrons. The van der Waals surface area contributed by atoms with Gasteiger partial charge in [-0.2, -0.15) is 18.3 Å². The topological polar surface area (TPSA) is 38.1 Å². The summed E-state index contributed by atoms with van der Waals surface area (Å²) in [6, 6.07) is 1.59. The van der Waals surface area contributed by atoms with E-state index in [1.807, 2.05) is 6.92 Å². The Morgan fingerprint density at radius 2 is 2.19 bits per heavy atom. The summed E-state index contributed by atoms with van der Waals surface area (Å²) in [6.45, 7) is 2.35. The molecule has 0 fully saturated rings. The Labute approximate surface area is 90.6 Å². The third-order valence-corrected chi connectivity index (χ3v) is 2.01. The smallest absolute Gasteiger partial charge is 0.332 e. The first kappa shape index (κ1) is 12.5. The second-order valence-electron chi connectivity index (χ2n) is 3.32. The molecule has 0 aliphatic carbocycles. The van der Waals surface area contributed by atoms with Crippen LogP contribution in [0.4, 0.5) is 13.2 Å². The zero-order chi connectivity index (χ0) is 12.3. The van der Waals surface area contributed by atoms with Crippen molar-refractivity contribution in [3.8, 4) is 0 Å². The fraction of sp³-hybridized carbons (Fsp3) is 0.556. The van der Waals surface area contributed by atoms with Crippen molar-refractivity contribution in [3.63, 3.8) is 0 Å². The molecule has 16 heavy (non-hydrogen) atoms. The molecule has 90 valence electrons. The molecule has 0 bridgehead atoms. The lowest BCUT2D eigenvalue weighted by molar-refractivity contribution is -0.184. The number of carbonyl (C=O) groups excluding carboxylic acids is 1. The van der Waals surface area contributed by atoms with Gasteiger partial charge >= 0.3 is 12.1 Å². The molecule has 0 N–H and O–H groups in total. The Kier molecular flexibility index (Phi) is 3.56. The van der Waals surface area contributed by atoms with Gasteiger partial charge in [-0.3, -0.25) is 9.48 Å². The molecule has 1 amide bonds. The van der Waals surface area contributed by atoms with E-state index in [4.69, 9.17) is 0 Å². The highest BCUT2D eigenvalue weighted by Gasteiger charge is 2.41. The van der Waals surface area contributed by atoms with Crippen LogP contribution >= 0.6 is 0 Å². The molecule has 7 heteroatoms. The summed E-state index contributed by atoms with van der Waals surface area (Å²) >= 11 is 0. The number of aromatic nitrogens is 2. The molecular formula is C9H12F3N3O. The Hall–Kier alpha value is -1.53. The van der Waals surface area contributed by atoms with Crippen LogP contribution in [0, 0.1) is 0 Å². The van der Waals surface area contributed by atoms with Crippen LogP contribution in [0.2, 0.25) is 0 Å². The van der Waals surface area contributed by atoms with Gasteiger partial charge in [-0.1, -0.05) is 0 Å². The summed E-state index contributed by atoms with van der Waals surface area (Å²) in [5, 5.41) is 3.99. The lowest BCUT2D eigenvalue weighted by Crippen LogP contribution is -2.38. The molecule has 0 aromatic carbocycles. The summed E-state index contributed by atoms with van der Waals surface area (Å²) < 4.78 is 37.8. The zero-order valence-corrected chi connectivity index (χ0v) is 8.95. The highest BCUT2D eigenvalue weighted by Crippen LogP contribution is 2.18. The van der Waals surface area contributed by atoms with E-state index in [-0.39, 0.29) is 6.54 Å². The quantitative estimate of drug-likeness (QED) is 0.794. The molecule has 0 saturated carbocycles. The van der Waals surface area contributed by atoms with Gasteiger partial charge in [0.2, 0.25) is 0 Å². The number of amides is 1. The minimum Gasteiger partial charge on any atom is -0.332 e. The van der Waals surface area contributed by atoms with E-state index in [1.165, 1.54) is 0 Å². The van der Waals surface area contributed by atoms with Crippen LogP contribution in [-0.4, -0.2) is 33.8 Å². The molecule has 0 spiro atoms. The molecular weight excluding hydrogens is 223 g/mol. The standard InChI is InChI=1S/C9H12F3N3O/c1-3-15-5-4-7(13-15)6-14(2)8(16)9(10,11)12/h4-5H,3,6H2,1-2H3. The normalized spacial score (nSPS) is 11.6. The molecule has 0 saturated heterocycles. The monoisotopic (exact) mass is 235 g/mol. The first-order chi connectivity index (χ1) is 7.34. The third kappa shape index (κ3) is 2.98. The van der Waals surface area contributed by atoms with Gasteiger partial charge in [-0.15, -0.1) is 0 Å². The van der Waals surface area contributed by atoms with Crippen molar-refractivity contribution in [2.24, 2.45) is 0 Å². The van der Waals surface area contributed by atoms with Crippen molar-refractivity contribution in [1.29, 1.82) is 0 Å². The number of hydrogen-bond donors (Lipinski definition) is 0. The van der Waals surface area contributed by atoms with Crippen molar-refractivity contribution >= 4 is 5.91 Å². The molecule has 1 rings (SSSR count). The second kappa shape index (κ2) is 4.54. The van der Waals surface area contributed by atoms with Crippen LogP contribution in [0.3, 0.4) is 0 Å². The van der Waals surface area contributed by atoms with Gasteiger partial charge in [0.15, 0.2) is 0 Å². The number of nitrogens with zero attached hydrogens (tertiary/aromatic N) is 3. The summed E-state index contributed by atoms with van der Waals surface area (Å²) in [7, 11) is 1.10. The Morgan fingerprint density at radius 3 is 2.62 bits per heavy atom. The molecule has 0 aliphatic rings. The fourth-order valence-electron chi connectivity index (χ4n) is 1.20. The predicted octanol–water partition coefficient (Wildman–Crippen LogP) is 1.42. The zero-order valence-electron chi connectivity index (χ0n) is 8.95. The van der Waals surface area contributed by atoms with E-state index < -0.39 is 12.1 Å². The Bertz CT molecular complexity index is 372. The molecule has 0 aliphatic heterocycles. The van der Waals surface area contributed by atoms with Crippen LogP contribution in [0.1, 0.15) is 12.6 Å². The highest BCUT2D eigenvalue weighted by atomic mass is 19.4. The minimum absolute atomic E-state index is 0.147. The molecule has 0 atom stereocenters. The predicted molar refractivity (Wildman–Crippen MR) is 50.4 cm³/mol. The van der Waals surface area contributed by atoms with Crippen molar-refractivity contribution in [3.05, 3.63) is 18.0 Å². The first-order valence-electron chi connectivity index (χ1n) is 4.69. The van der Waals surface area contributed by atoms with E-state index in [1.54, 1.807) is 16.9 Å². The minimum atomic E-state index is -4.83. The lowest BCUT2D eigenvalue weighted by atomic mass is 10.4. The summed E-state index contributed by atoms with van der Waals surface area (Å²) in [6.07, 6.45) is -3.18. The number of aryl methyl sites for hydroxylation is 1. The average Bonchev–Trinajstić information content (AvgIpc) is 2.63. The number of carbonyl (C=O) groups is 1. The van der Waals surface area contributed by atoms with Gasteiger partial charge in [0.05, 0.1) is 12.2 Å². The van der Waals surface area contributed by atoms with E-state index in [0.29, 0.717) is 17.1 Å². The molecule has 1 heterocycles. The van der Waals surface area contributed by atoms with E-state index in [0.717, 1.165) is 7.05 Å². The van der Waals surface area contributed by atoms with Gasteiger partial charge in [-0.25, -0.2) is 0 Å². The van der Waals surface area contributed by atoms with Gasteiger partial charge in [0.1, 0.15) is 0 Å². The SMILES string of the molecule is CCn1ccc(CN(C)C(=O)C(F)(F)F)n1. The molecule has 4 nitrogen and oxygen atoms in total. The maximum Gasteiger partial charge on any atom is 0.471 e. The van der Waals surface area contributed by atoms with Gasteiger partial charge in [0, 0.05) is 19.8 Å². The Balaban J connectivity index is 2.64. The van der Waals surface area contributed by atoms with Crippen molar-refractivity contribution < 1.29 is 18.0 Å². The van der Waals surface area contributed by atoms with Gasteiger partial charge in [0.25, 0.3) is 0 Å². The highest BCUT2D eigenvalue weighted by molar-refractivity contribution is 5.81. The Morgan fingerprint density at radius 1 is 1.56 bits per heavy atom. The van der Waals surface area contributed by atoms with Gasteiger partial charge in [-0.05, 0) is 13.0 Å². The van der Waals surface area contributed by atoms with Crippen LogP contribution in [-0.2, 0) is 17.9 Å². The summed E-state index contributed by atoms with van der Waals surface area (Å²) in [5.74, 6) is -1.86. The number of halogens is 3. The van der Waals surface area contributed by atoms with Crippen molar-refractivity contribution in [1.82, 2.24) is 14.7 Å². The maximum absolute atomic E-state index is 12.1. The van der Waals surface area contributed by atoms with Crippen LogP contribution in [0.5, 0.6) is 0 Å². The third-order valence-electron chi connectivity index (χ3n) is 2.01. The number of alkyl halides is 3. The maximum atomic E-state index is 12.1. The number of hydrogen-bond acceptors (Lipinski definition) is 2. The van der Waals surface area contributed by atoms with E-state index in [9.17, 15) is 18.0 Å². The largest absolute Gasteiger partial charge is 0.471 e. The van der Waals surface area contributed by atoms with E-state index >= 15 is 0 Å². The summed E-state index contributed by atoms with van der Waals surface area (Å²) in [4.78, 5) is 11.4. The average molecular weight is 235 g/mol. The molecule has 0 unspecified atom stereocenters. The van der Waals surface area contributed by atoms with Crippen molar-refractivity contribution in [2.45, 2.75) is 26.2 Å². The second-order valence-corrected chi connectivity index (χ2v) is 3.32. The van der Waals surface area contributed by atoms with Gasteiger partial charge < -0.3 is 4.90 Å². The molecule has 1 aromatic heterocycles. The molecule has 1 aromatic rings. The fourth-order valence-corrected chi connectivity index (χ4v) is 1.20. The van der Waals surface area contributed by atoms with Crippen molar-refractivity contribution in [2.75, 3.05) is 7.05 Å². The van der Waals surface area contributed by atoms with E-state index in [2.05, 4.69) is 5.10 Å². The lowest BCUT2D eigenvalue weighted by Gasteiger charge is -2.17.